The molecule has 0 aliphatic heterocycles. The molecule has 0 amide bonds. The van der Waals surface area contributed by atoms with Gasteiger partial charge in [-0.3, -0.25) is 14.9 Å². The van der Waals surface area contributed by atoms with E-state index < -0.39 is 16.6 Å². The summed E-state index contributed by atoms with van der Waals surface area (Å²) in [5.41, 5.74) is -1.13. The lowest BCUT2D eigenvalue weighted by Gasteiger charge is -2.01. The zero-order chi connectivity index (χ0) is 13.7. The maximum atomic E-state index is 10.9. The Morgan fingerprint density at radius 1 is 1.50 bits per heavy atom. The summed E-state index contributed by atoms with van der Waals surface area (Å²) < 4.78 is 0. The van der Waals surface area contributed by atoms with Gasteiger partial charge in [0.15, 0.2) is 6.29 Å². The van der Waals surface area contributed by atoms with Crippen LogP contribution in [-0.2, 0) is 4.79 Å². The van der Waals surface area contributed by atoms with Crippen LogP contribution in [0.4, 0.5) is 5.69 Å². The highest BCUT2D eigenvalue weighted by Gasteiger charge is 2.21. The molecule has 18 heavy (non-hydrogen) atoms. The minimum Gasteiger partial charge on any atom is -0.478 e. The van der Waals surface area contributed by atoms with Gasteiger partial charge in [-0.05, 0) is 18.2 Å². The molecule has 0 aromatic heterocycles. The van der Waals surface area contributed by atoms with Crippen molar-refractivity contribution < 1.29 is 19.6 Å². The van der Waals surface area contributed by atoms with E-state index in [4.69, 9.17) is 10.4 Å². The van der Waals surface area contributed by atoms with Gasteiger partial charge >= 0.3 is 5.97 Å². The number of hydrogen-bond acceptors (Lipinski definition) is 5. The fourth-order valence-electron chi connectivity index (χ4n) is 1.34. The number of aldehydes is 1. The van der Waals surface area contributed by atoms with Crippen molar-refractivity contribution >= 4 is 24.0 Å². The molecule has 0 aliphatic rings. The third kappa shape index (κ3) is 2.56. The lowest BCUT2D eigenvalue weighted by molar-refractivity contribution is -0.385. The Kier molecular flexibility index (Phi) is 3.89. The van der Waals surface area contributed by atoms with Crippen LogP contribution in [0.1, 0.15) is 21.5 Å². The average Bonchev–Trinajstić information content (AvgIpc) is 2.34. The predicted octanol–water partition coefficient (Wildman–Crippen LogP) is 1.38. The molecule has 0 atom stereocenters. The number of nitro groups is 1. The largest absolute Gasteiger partial charge is 0.478 e. The highest BCUT2D eigenvalue weighted by molar-refractivity contribution is 5.91. The van der Waals surface area contributed by atoms with E-state index >= 15 is 0 Å². The minimum absolute atomic E-state index is 0.0523. The molecule has 0 heterocycles. The van der Waals surface area contributed by atoms with Crippen molar-refractivity contribution in [2.75, 3.05) is 0 Å². The molecule has 0 aliphatic carbocycles. The first-order chi connectivity index (χ1) is 8.51. The Morgan fingerprint density at radius 3 is 2.61 bits per heavy atom. The van der Waals surface area contributed by atoms with E-state index in [1.165, 1.54) is 12.1 Å². The van der Waals surface area contributed by atoms with Gasteiger partial charge in [-0.2, -0.15) is 5.26 Å². The molecule has 0 unspecified atom stereocenters. The van der Waals surface area contributed by atoms with Gasteiger partial charge in [-0.1, -0.05) is 0 Å². The van der Waals surface area contributed by atoms with E-state index in [2.05, 4.69) is 0 Å². The first kappa shape index (κ1) is 13.1. The van der Waals surface area contributed by atoms with E-state index in [0.717, 1.165) is 6.08 Å². The van der Waals surface area contributed by atoms with Gasteiger partial charge in [0.2, 0.25) is 0 Å². The van der Waals surface area contributed by atoms with Crippen molar-refractivity contribution in [1.82, 2.24) is 0 Å². The number of carbonyl (C=O) groups excluding carboxylic acids is 1. The van der Waals surface area contributed by atoms with E-state index in [9.17, 15) is 19.7 Å². The summed E-state index contributed by atoms with van der Waals surface area (Å²) in [5, 5.41) is 28.0. The van der Waals surface area contributed by atoms with Gasteiger partial charge in [-0.15, -0.1) is 0 Å². The van der Waals surface area contributed by atoms with Crippen LogP contribution in [0.3, 0.4) is 0 Å². The number of rotatable bonds is 4. The lowest BCUT2D eigenvalue weighted by Crippen LogP contribution is -2.00. The molecular weight excluding hydrogens is 240 g/mol. The Morgan fingerprint density at radius 2 is 2.17 bits per heavy atom. The Hall–Kier alpha value is -3.01. The zero-order valence-corrected chi connectivity index (χ0v) is 8.86. The summed E-state index contributed by atoms with van der Waals surface area (Å²) in [4.78, 5) is 31.2. The number of hydrogen-bond donors (Lipinski definition) is 1. The summed E-state index contributed by atoms with van der Waals surface area (Å²) in [6, 6.07) is 4.09. The number of nitriles is 1. The van der Waals surface area contributed by atoms with Gasteiger partial charge in [0.25, 0.3) is 5.69 Å². The van der Waals surface area contributed by atoms with Crippen molar-refractivity contribution in [3.63, 3.8) is 0 Å². The normalized spacial score (nSPS) is 9.94. The standard InChI is InChI=1S/C11H6N2O5/c12-5-8-2-1-7(3-4-10(15)16)11(13(17)18)9(8)6-14/h1-4,6H,(H,15,16)/b4-3+. The molecule has 90 valence electrons. The summed E-state index contributed by atoms with van der Waals surface area (Å²) in [6.07, 6.45) is 1.91. The van der Waals surface area contributed by atoms with E-state index in [1.54, 1.807) is 6.07 Å². The summed E-state index contributed by atoms with van der Waals surface area (Å²) >= 11 is 0. The molecular formula is C11H6N2O5. The molecule has 0 saturated carbocycles. The maximum Gasteiger partial charge on any atom is 0.328 e. The smallest absolute Gasteiger partial charge is 0.328 e. The predicted molar refractivity (Wildman–Crippen MR) is 59.9 cm³/mol. The van der Waals surface area contributed by atoms with Crippen molar-refractivity contribution in [2.24, 2.45) is 0 Å². The van der Waals surface area contributed by atoms with Gasteiger partial charge in [0.1, 0.15) is 11.6 Å². The average molecular weight is 246 g/mol. The molecule has 0 fully saturated rings. The first-order valence-corrected chi connectivity index (χ1v) is 4.59. The van der Waals surface area contributed by atoms with Crippen LogP contribution in [-0.4, -0.2) is 22.3 Å². The van der Waals surface area contributed by atoms with Crippen LogP contribution >= 0.6 is 0 Å². The summed E-state index contributed by atoms with van der Waals surface area (Å²) in [5.74, 6) is -1.28. The van der Waals surface area contributed by atoms with Crippen LogP contribution in [0.5, 0.6) is 0 Å². The molecule has 0 radical (unpaired) electrons. The summed E-state index contributed by atoms with van der Waals surface area (Å²) in [7, 11) is 0. The quantitative estimate of drug-likeness (QED) is 0.370. The molecule has 7 nitrogen and oxygen atoms in total. The van der Waals surface area contributed by atoms with E-state index in [0.29, 0.717) is 6.08 Å². The molecule has 1 N–H and O–H groups in total. The van der Waals surface area contributed by atoms with Crippen molar-refractivity contribution in [3.8, 4) is 6.07 Å². The van der Waals surface area contributed by atoms with Gasteiger partial charge in [0, 0.05) is 6.08 Å². The molecule has 0 bridgehead atoms. The number of aliphatic carboxylic acids is 1. The second kappa shape index (κ2) is 5.36. The van der Waals surface area contributed by atoms with Gasteiger partial charge in [0.05, 0.1) is 16.1 Å². The third-order valence-corrected chi connectivity index (χ3v) is 2.07. The monoisotopic (exact) mass is 246 g/mol. The Bertz CT molecular complexity index is 598. The Labute approximate surface area is 101 Å². The molecule has 0 saturated heterocycles. The third-order valence-electron chi connectivity index (χ3n) is 2.07. The first-order valence-electron chi connectivity index (χ1n) is 4.59. The lowest BCUT2D eigenvalue weighted by atomic mass is 10.0. The molecule has 1 aromatic rings. The van der Waals surface area contributed by atoms with Crippen LogP contribution < -0.4 is 0 Å². The van der Waals surface area contributed by atoms with Crippen LogP contribution in [0, 0.1) is 21.4 Å². The molecule has 7 heteroatoms. The second-order valence-corrected chi connectivity index (χ2v) is 3.12. The number of carboxylic acid groups (broad SMARTS) is 1. The number of carboxylic acids is 1. The van der Waals surface area contributed by atoms with Gasteiger partial charge in [-0.25, -0.2) is 4.79 Å². The number of nitro benzene ring substituents is 1. The topological polar surface area (TPSA) is 121 Å². The molecule has 0 spiro atoms. The SMILES string of the molecule is N#Cc1ccc(/C=C/C(=O)O)c([N+](=O)[O-])c1C=O. The van der Waals surface area contributed by atoms with Crippen molar-refractivity contribution in [3.05, 3.63) is 45.0 Å². The van der Waals surface area contributed by atoms with Gasteiger partial charge < -0.3 is 5.11 Å². The van der Waals surface area contributed by atoms with Crippen LogP contribution in [0.2, 0.25) is 0 Å². The highest BCUT2D eigenvalue weighted by atomic mass is 16.6. The fraction of sp³-hybridized carbons (Fsp3) is 0. The number of nitrogens with zero attached hydrogens (tertiary/aromatic N) is 2. The zero-order valence-electron chi connectivity index (χ0n) is 8.86. The highest BCUT2D eigenvalue weighted by Crippen LogP contribution is 2.26. The summed E-state index contributed by atoms with van der Waals surface area (Å²) in [6.45, 7) is 0. The molecule has 1 aromatic carbocycles. The van der Waals surface area contributed by atoms with E-state index in [-0.39, 0.29) is 23.0 Å². The number of benzene rings is 1. The number of carbonyl (C=O) groups is 2. The Balaban J connectivity index is 3.55. The minimum atomic E-state index is -1.28. The van der Waals surface area contributed by atoms with Crippen LogP contribution in [0.15, 0.2) is 18.2 Å². The fourth-order valence-corrected chi connectivity index (χ4v) is 1.34. The van der Waals surface area contributed by atoms with Crippen LogP contribution in [0.25, 0.3) is 6.08 Å². The maximum absolute atomic E-state index is 10.9. The second-order valence-electron chi connectivity index (χ2n) is 3.12. The van der Waals surface area contributed by atoms with Crippen molar-refractivity contribution in [2.45, 2.75) is 0 Å². The van der Waals surface area contributed by atoms with Crippen molar-refractivity contribution in [1.29, 1.82) is 5.26 Å². The molecule has 1 rings (SSSR count). The van der Waals surface area contributed by atoms with E-state index in [1.807, 2.05) is 0 Å².